The van der Waals surface area contributed by atoms with Gasteiger partial charge in [-0.1, -0.05) is 51.6 Å². The molecule has 1 rings (SSSR count). The second-order valence-corrected chi connectivity index (χ2v) is 5.03. The number of rotatable bonds is 6. The maximum atomic E-state index is 11.3. The first kappa shape index (κ1) is 14.5. The fourth-order valence-corrected chi connectivity index (χ4v) is 1.91. The Hall–Kier alpha value is -1.57. The Morgan fingerprint density at radius 3 is 2.28 bits per heavy atom. The molecular weight excluding hydrogens is 222 g/mol. The molecule has 18 heavy (non-hydrogen) atoms. The Morgan fingerprint density at radius 1 is 1.22 bits per heavy atom. The second kappa shape index (κ2) is 7.00. The molecule has 0 spiro atoms. The first-order chi connectivity index (χ1) is 8.54. The van der Waals surface area contributed by atoms with E-state index in [1.807, 2.05) is 0 Å². The van der Waals surface area contributed by atoms with Crippen LogP contribution in [0.3, 0.4) is 0 Å². The molecule has 0 radical (unpaired) electrons. The molecule has 1 atom stereocenters. The molecular formula is C16H23NO. The van der Waals surface area contributed by atoms with Crippen LogP contribution in [0.5, 0.6) is 0 Å². The van der Waals surface area contributed by atoms with Crippen molar-refractivity contribution in [3.05, 3.63) is 48.2 Å². The predicted octanol–water partition coefficient (Wildman–Crippen LogP) is 3.95. The number of hydrogen-bond donors (Lipinski definition) is 1. The Labute approximate surface area is 110 Å². The van der Waals surface area contributed by atoms with Crippen LogP contribution >= 0.6 is 0 Å². The summed E-state index contributed by atoms with van der Waals surface area (Å²) in [6.07, 6.45) is 2.84. The molecule has 0 heterocycles. The van der Waals surface area contributed by atoms with Gasteiger partial charge in [0, 0.05) is 6.42 Å². The minimum Gasteiger partial charge on any atom is -0.333 e. The molecule has 1 aromatic carbocycles. The highest BCUT2D eigenvalue weighted by Gasteiger charge is 2.08. The van der Waals surface area contributed by atoms with Gasteiger partial charge < -0.3 is 5.32 Å². The quantitative estimate of drug-likeness (QED) is 0.807. The summed E-state index contributed by atoms with van der Waals surface area (Å²) in [5.41, 5.74) is 2.65. The van der Waals surface area contributed by atoms with Crippen LogP contribution in [0.15, 0.2) is 37.0 Å². The van der Waals surface area contributed by atoms with E-state index in [2.05, 4.69) is 56.9 Å². The monoisotopic (exact) mass is 245 g/mol. The molecule has 1 amide bonds. The molecule has 0 bridgehead atoms. The zero-order valence-corrected chi connectivity index (χ0v) is 11.6. The molecule has 2 nitrogen and oxygen atoms in total. The van der Waals surface area contributed by atoms with Crippen LogP contribution in [0.2, 0.25) is 0 Å². The second-order valence-electron chi connectivity index (χ2n) is 5.03. The average molecular weight is 245 g/mol. The van der Waals surface area contributed by atoms with E-state index in [9.17, 15) is 4.79 Å². The van der Waals surface area contributed by atoms with Gasteiger partial charge in [0.25, 0.3) is 0 Å². The van der Waals surface area contributed by atoms with Crippen molar-refractivity contribution < 1.29 is 4.79 Å². The Morgan fingerprint density at radius 2 is 1.78 bits per heavy atom. The van der Waals surface area contributed by atoms with E-state index in [-0.39, 0.29) is 5.91 Å². The minimum absolute atomic E-state index is 0.0376. The topological polar surface area (TPSA) is 29.1 Å². The maximum absolute atomic E-state index is 11.3. The molecule has 2 heteroatoms. The van der Waals surface area contributed by atoms with Gasteiger partial charge in [-0.25, -0.2) is 0 Å². The van der Waals surface area contributed by atoms with Gasteiger partial charge in [-0.2, -0.15) is 0 Å². The number of carbonyl (C=O) groups is 1. The zero-order chi connectivity index (χ0) is 13.5. The van der Waals surface area contributed by atoms with Gasteiger partial charge in [-0.05, 0) is 35.6 Å². The summed E-state index contributed by atoms with van der Waals surface area (Å²) < 4.78 is 0. The van der Waals surface area contributed by atoms with Gasteiger partial charge in [-0.3, -0.25) is 4.79 Å². The summed E-state index contributed by atoms with van der Waals surface area (Å²) in [4.78, 5) is 11.3. The molecule has 1 aromatic rings. The Kier molecular flexibility index (Phi) is 5.63. The Balaban J connectivity index is 2.53. The molecule has 0 aliphatic rings. The van der Waals surface area contributed by atoms with E-state index >= 15 is 0 Å². The third-order valence-electron chi connectivity index (χ3n) is 3.24. The van der Waals surface area contributed by atoms with Crippen LogP contribution < -0.4 is 5.32 Å². The average Bonchev–Trinajstić information content (AvgIpc) is 2.36. The van der Waals surface area contributed by atoms with Crippen molar-refractivity contribution in [2.45, 2.75) is 45.4 Å². The zero-order valence-electron chi connectivity index (χ0n) is 11.6. The first-order valence-corrected chi connectivity index (χ1v) is 6.54. The number of amides is 1. The summed E-state index contributed by atoms with van der Waals surface area (Å²) in [5, 5.41) is 2.60. The Bertz CT molecular complexity index is 392. The van der Waals surface area contributed by atoms with Crippen molar-refractivity contribution in [1.82, 2.24) is 5.32 Å². The van der Waals surface area contributed by atoms with Crippen molar-refractivity contribution >= 4 is 5.91 Å². The van der Waals surface area contributed by atoms with Gasteiger partial charge in [0.15, 0.2) is 0 Å². The fraction of sp³-hybridized carbons (Fsp3) is 0.438. The van der Waals surface area contributed by atoms with Gasteiger partial charge in [0.2, 0.25) is 5.91 Å². The minimum atomic E-state index is 0.0376. The van der Waals surface area contributed by atoms with Crippen LogP contribution in [0, 0.1) is 0 Å². The number of hydrogen-bond acceptors (Lipinski definition) is 1. The lowest BCUT2D eigenvalue weighted by atomic mass is 9.93. The van der Waals surface area contributed by atoms with Crippen molar-refractivity contribution in [3.8, 4) is 0 Å². The summed E-state index contributed by atoms with van der Waals surface area (Å²) in [6, 6.07) is 8.71. The molecule has 98 valence electrons. The molecule has 1 N–H and O–H groups in total. The van der Waals surface area contributed by atoms with E-state index in [4.69, 9.17) is 0 Å². The van der Waals surface area contributed by atoms with E-state index < -0.39 is 0 Å². The molecule has 0 saturated carbocycles. The highest BCUT2D eigenvalue weighted by Crippen LogP contribution is 2.23. The third kappa shape index (κ3) is 4.36. The summed E-state index contributed by atoms with van der Waals surface area (Å²) >= 11 is 0. The highest BCUT2D eigenvalue weighted by molar-refractivity contribution is 5.76. The molecule has 0 aliphatic carbocycles. The van der Waals surface area contributed by atoms with Crippen LogP contribution in [0.25, 0.3) is 0 Å². The summed E-state index contributed by atoms with van der Waals surface area (Å²) in [6.45, 7) is 10.0. The van der Waals surface area contributed by atoms with Gasteiger partial charge in [0.05, 0.1) is 0 Å². The standard InChI is InChI=1S/C16H23NO/c1-5-17-16(18)11-6-13(4)15-9-7-14(8-10-15)12(2)3/h5,7-10,12-13H,1,6,11H2,2-4H3,(H,17,18). The molecule has 0 aromatic heterocycles. The molecule has 0 fully saturated rings. The van der Waals surface area contributed by atoms with Crippen LogP contribution in [-0.4, -0.2) is 5.91 Å². The number of nitrogens with one attached hydrogen (secondary N) is 1. The van der Waals surface area contributed by atoms with Crippen molar-refractivity contribution in [3.63, 3.8) is 0 Å². The lowest BCUT2D eigenvalue weighted by Crippen LogP contribution is -2.16. The van der Waals surface area contributed by atoms with Gasteiger partial charge >= 0.3 is 0 Å². The van der Waals surface area contributed by atoms with Crippen LogP contribution in [0.4, 0.5) is 0 Å². The van der Waals surface area contributed by atoms with Crippen LogP contribution in [0.1, 0.15) is 56.6 Å². The van der Waals surface area contributed by atoms with Gasteiger partial charge in [-0.15, -0.1) is 0 Å². The molecule has 0 aliphatic heterocycles. The van der Waals surface area contributed by atoms with Crippen molar-refractivity contribution in [2.24, 2.45) is 0 Å². The first-order valence-electron chi connectivity index (χ1n) is 6.54. The summed E-state index contributed by atoms with van der Waals surface area (Å²) in [7, 11) is 0. The maximum Gasteiger partial charge on any atom is 0.223 e. The van der Waals surface area contributed by atoms with E-state index in [1.165, 1.54) is 17.3 Å². The molecule has 1 unspecified atom stereocenters. The number of benzene rings is 1. The molecule has 0 saturated heterocycles. The van der Waals surface area contributed by atoms with E-state index in [0.717, 1.165) is 6.42 Å². The SMILES string of the molecule is C=CNC(=O)CCC(C)c1ccc(C(C)C)cc1. The normalized spacial score (nSPS) is 12.2. The lowest BCUT2D eigenvalue weighted by Gasteiger charge is -2.13. The smallest absolute Gasteiger partial charge is 0.223 e. The third-order valence-corrected chi connectivity index (χ3v) is 3.24. The van der Waals surface area contributed by atoms with E-state index in [0.29, 0.717) is 18.3 Å². The van der Waals surface area contributed by atoms with Gasteiger partial charge in [0.1, 0.15) is 0 Å². The number of carbonyl (C=O) groups excluding carboxylic acids is 1. The van der Waals surface area contributed by atoms with Crippen molar-refractivity contribution in [1.29, 1.82) is 0 Å². The fourth-order valence-electron chi connectivity index (χ4n) is 1.91. The largest absolute Gasteiger partial charge is 0.333 e. The van der Waals surface area contributed by atoms with Crippen molar-refractivity contribution in [2.75, 3.05) is 0 Å². The van der Waals surface area contributed by atoms with Crippen LogP contribution in [-0.2, 0) is 4.79 Å². The van der Waals surface area contributed by atoms with E-state index in [1.54, 1.807) is 0 Å². The highest BCUT2D eigenvalue weighted by atomic mass is 16.1. The lowest BCUT2D eigenvalue weighted by molar-refractivity contribution is -0.120. The summed E-state index contributed by atoms with van der Waals surface area (Å²) in [5.74, 6) is 1.00. The predicted molar refractivity (Wildman–Crippen MR) is 76.5 cm³/mol.